The maximum atomic E-state index is 12.3. The molecule has 0 spiro atoms. The molecule has 0 aromatic rings. The first-order valence-corrected chi connectivity index (χ1v) is 6.76. The summed E-state index contributed by atoms with van der Waals surface area (Å²) in [6, 6.07) is 0. The van der Waals surface area contributed by atoms with Gasteiger partial charge in [0.1, 0.15) is 5.41 Å². The van der Waals surface area contributed by atoms with E-state index in [-0.39, 0.29) is 11.7 Å². The number of nitrogens with one attached hydrogen (secondary N) is 1. The lowest BCUT2D eigenvalue weighted by Crippen LogP contribution is -2.57. The molecule has 5 heteroatoms. The normalized spacial score (nSPS) is 33.7. The molecule has 0 aliphatic heterocycles. The summed E-state index contributed by atoms with van der Waals surface area (Å²) in [5.74, 6) is 1.72. The number of carbonyl (C=O) groups excluding carboxylic acids is 1. The predicted molar refractivity (Wildman–Crippen MR) is 69.1 cm³/mol. The lowest BCUT2D eigenvalue weighted by molar-refractivity contribution is -0.133. The van der Waals surface area contributed by atoms with E-state index in [0.717, 1.165) is 5.92 Å². The van der Waals surface area contributed by atoms with Gasteiger partial charge in [0.2, 0.25) is 5.91 Å². The van der Waals surface area contributed by atoms with Gasteiger partial charge < -0.3 is 16.3 Å². The number of hydrogen-bond acceptors (Lipinski definition) is 3. The zero-order valence-electron chi connectivity index (χ0n) is 11.1. The number of amides is 1. The first-order chi connectivity index (χ1) is 8.49. The number of hydrogen-bond donors (Lipinski definition) is 3. The van der Waals surface area contributed by atoms with Crippen molar-refractivity contribution in [3.8, 4) is 0 Å². The summed E-state index contributed by atoms with van der Waals surface area (Å²) in [7, 11) is 0. The Bertz CT molecular complexity index is 357. The highest BCUT2D eigenvalue weighted by Gasteiger charge is 2.52. The molecule has 4 N–H and O–H groups in total. The summed E-state index contributed by atoms with van der Waals surface area (Å²) in [6.45, 7) is 4.93. The van der Waals surface area contributed by atoms with Gasteiger partial charge in [0.15, 0.2) is 5.84 Å². The topological polar surface area (TPSA) is 87.7 Å². The Kier molecular flexibility index (Phi) is 3.50. The van der Waals surface area contributed by atoms with Gasteiger partial charge in [0.05, 0.1) is 0 Å². The van der Waals surface area contributed by atoms with E-state index in [0.29, 0.717) is 31.2 Å². The molecule has 18 heavy (non-hydrogen) atoms. The summed E-state index contributed by atoms with van der Waals surface area (Å²) in [5, 5.41) is 14.8. The molecule has 102 valence electrons. The highest BCUT2D eigenvalue weighted by Crippen LogP contribution is 2.46. The van der Waals surface area contributed by atoms with Gasteiger partial charge in [-0.05, 0) is 43.4 Å². The van der Waals surface area contributed by atoms with E-state index in [1.54, 1.807) is 0 Å². The molecule has 0 heterocycles. The lowest BCUT2D eigenvalue weighted by Gasteiger charge is -2.43. The van der Waals surface area contributed by atoms with E-state index in [9.17, 15) is 4.79 Å². The fourth-order valence-electron chi connectivity index (χ4n) is 2.99. The lowest BCUT2D eigenvalue weighted by atomic mass is 9.61. The van der Waals surface area contributed by atoms with E-state index < -0.39 is 5.41 Å². The van der Waals surface area contributed by atoms with Crippen molar-refractivity contribution in [3.05, 3.63) is 0 Å². The van der Waals surface area contributed by atoms with Gasteiger partial charge >= 0.3 is 0 Å². The number of carbonyl (C=O) groups is 1. The van der Waals surface area contributed by atoms with Gasteiger partial charge in [0.25, 0.3) is 0 Å². The number of oxime groups is 1. The molecule has 2 saturated carbocycles. The Morgan fingerprint density at radius 2 is 2.17 bits per heavy atom. The fourth-order valence-corrected chi connectivity index (χ4v) is 2.99. The second kappa shape index (κ2) is 4.78. The zero-order valence-corrected chi connectivity index (χ0v) is 11.1. The van der Waals surface area contributed by atoms with Crippen LogP contribution in [0.15, 0.2) is 5.16 Å². The van der Waals surface area contributed by atoms with E-state index in [4.69, 9.17) is 10.9 Å². The second-order valence-electron chi connectivity index (χ2n) is 6.11. The van der Waals surface area contributed by atoms with Crippen LogP contribution in [0.4, 0.5) is 0 Å². The van der Waals surface area contributed by atoms with Gasteiger partial charge in [-0.25, -0.2) is 0 Å². The van der Waals surface area contributed by atoms with Crippen LogP contribution in [-0.4, -0.2) is 23.5 Å². The summed E-state index contributed by atoms with van der Waals surface area (Å²) in [4.78, 5) is 12.3. The van der Waals surface area contributed by atoms with Gasteiger partial charge in [-0.2, -0.15) is 0 Å². The van der Waals surface area contributed by atoms with Crippen molar-refractivity contribution in [2.24, 2.45) is 34.1 Å². The number of nitrogens with zero attached hydrogens (tertiary/aromatic N) is 1. The van der Waals surface area contributed by atoms with Crippen molar-refractivity contribution >= 4 is 11.7 Å². The summed E-state index contributed by atoms with van der Waals surface area (Å²) < 4.78 is 0. The van der Waals surface area contributed by atoms with Gasteiger partial charge in [-0.15, -0.1) is 0 Å². The number of nitrogens with two attached hydrogens (primary N) is 1. The largest absolute Gasteiger partial charge is 0.409 e. The first kappa shape index (κ1) is 13.2. The molecule has 5 nitrogen and oxygen atoms in total. The third kappa shape index (κ3) is 2.31. The van der Waals surface area contributed by atoms with Crippen LogP contribution in [0.5, 0.6) is 0 Å². The van der Waals surface area contributed by atoms with Crippen LogP contribution in [0, 0.1) is 23.2 Å². The van der Waals surface area contributed by atoms with E-state index in [2.05, 4.69) is 24.3 Å². The molecule has 1 unspecified atom stereocenters. The monoisotopic (exact) mass is 253 g/mol. The minimum absolute atomic E-state index is 0.0529. The second-order valence-corrected chi connectivity index (χ2v) is 6.11. The average Bonchev–Trinajstić information content (AvgIpc) is 3.14. The van der Waals surface area contributed by atoms with Crippen LogP contribution in [0.25, 0.3) is 0 Å². The molecular weight excluding hydrogens is 230 g/mol. The van der Waals surface area contributed by atoms with Crippen molar-refractivity contribution in [1.82, 2.24) is 5.32 Å². The van der Waals surface area contributed by atoms with Crippen molar-refractivity contribution < 1.29 is 10.0 Å². The third-order valence-corrected chi connectivity index (χ3v) is 4.44. The molecule has 2 fully saturated rings. The molecule has 2 rings (SSSR count). The minimum atomic E-state index is -0.766. The Labute approximate surface area is 108 Å². The Morgan fingerprint density at radius 1 is 1.56 bits per heavy atom. The SMILES string of the molecule is CC1CC(C(=O)NCC(C)C2CC2)(C(N)=NO)C1. The number of amidine groups is 1. The van der Waals surface area contributed by atoms with Crippen molar-refractivity contribution in [2.75, 3.05) is 6.54 Å². The predicted octanol–water partition coefficient (Wildman–Crippen LogP) is 1.31. The standard InChI is InChI=1S/C13H23N3O2/c1-8-5-13(6-8,11(14)16-18)12(17)15-7-9(2)10-3-4-10/h8-10,18H,3-7H2,1-2H3,(H2,14,16)(H,15,17). The number of rotatable bonds is 5. The highest BCUT2D eigenvalue weighted by molar-refractivity contribution is 6.07. The van der Waals surface area contributed by atoms with E-state index >= 15 is 0 Å². The smallest absolute Gasteiger partial charge is 0.233 e. The molecule has 1 atom stereocenters. The summed E-state index contributed by atoms with van der Waals surface area (Å²) in [5.41, 5.74) is 4.93. The van der Waals surface area contributed by atoms with Crippen LogP contribution in [-0.2, 0) is 4.79 Å². The van der Waals surface area contributed by atoms with Crippen LogP contribution in [0.2, 0.25) is 0 Å². The molecular formula is C13H23N3O2. The van der Waals surface area contributed by atoms with Gasteiger partial charge in [0, 0.05) is 6.54 Å². The van der Waals surface area contributed by atoms with Crippen LogP contribution in [0.3, 0.4) is 0 Å². The molecule has 0 aromatic heterocycles. The zero-order chi connectivity index (χ0) is 13.3. The summed E-state index contributed by atoms with van der Waals surface area (Å²) >= 11 is 0. The minimum Gasteiger partial charge on any atom is -0.409 e. The average molecular weight is 253 g/mol. The first-order valence-electron chi connectivity index (χ1n) is 6.76. The molecule has 0 bridgehead atoms. The van der Waals surface area contributed by atoms with Crippen molar-refractivity contribution in [2.45, 2.75) is 39.5 Å². The Morgan fingerprint density at radius 3 is 2.61 bits per heavy atom. The van der Waals surface area contributed by atoms with Gasteiger partial charge in [-0.1, -0.05) is 19.0 Å². The van der Waals surface area contributed by atoms with Gasteiger partial charge in [-0.3, -0.25) is 4.79 Å². The molecule has 0 radical (unpaired) electrons. The van der Waals surface area contributed by atoms with Crippen LogP contribution < -0.4 is 11.1 Å². The summed E-state index contributed by atoms with van der Waals surface area (Å²) in [6.07, 6.45) is 3.90. The fraction of sp³-hybridized carbons (Fsp3) is 0.846. The molecule has 2 aliphatic carbocycles. The Balaban J connectivity index is 1.92. The molecule has 0 saturated heterocycles. The van der Waals surface area contributed by atoms with E-state index in [1.807, 2.05) is 0 Å². The van der Waals surface area contributed by atoms with Crippen molar-refractivity contribution in [3.63, 3.8) is 0 Å². The van der Waals surface area contributed by atoms with E-state index in [1.165, 1.54) is 12.8 Å². The molecule has 2 aliphatic rings. The molecule has 0 aromatic carbocycles. The van der Waals surface area contributed by atoms with Crippen molar-refractivity contribution in [1.29, 1.82) is 0 Å². The quantitative estimate of drug-likeness (QED) is 0.299. The van der Waals surface area contributed by atoms with Crippen LogP contribution in [0.1, 0.15) is 39.5 Å². The van der Waals surface area contributed by atoms with Crippen LogP contribution >= 0.6 is 0 Å². The Hall–Kier alpha value is -1.26. The third-order valence-electron chi connectivity index (χ3n) is 4.44. The maximum Gasteiger partial charge on any atom is 0.233 e. The highest BCUT2D eigenvalue weighted by atomic mass is 16.4. The molecule has 1 amide bonds. The maximum absolute atomic E-state index is 12.3.